The number of phenolic OH excluding ortho intramolecular Hbond substituents is 2. The quantitative estimate of drug-likeness (QED) is 0.592. The maximum atomic E-state index is 9.57. The predicted molar refractivity (Wildman–Crippen MR) is 65.1 cm³/mol. The molecule has 2 aromatic rings. The molecule has 0 atom stereocenters. The minimum atomic E-state index is -0.102. The first kappa shape index (κ1) is 10.3. The summed E-state index contributed by atoms with van der Waals surface area (Å²) in [5, 5.41) is 18.9. The maximum absolute atomic E-state index is 9.57. The molecule has 0 radical (unpaired) electrons. The molecule has 0 unspecified atom stereocenters. The monoisotopic (exact) mass is 212 g/mol. The number of rotatable bonds is 2. The van der Waals surface area contributed by atoms with E-state index in [-0.39, 0.29) is 11.5 Å². The lowest BCUT2D eigenvalue weighted by atomic mass is 10.1. The normalized spacial score (nSPS) is 10.8. The van der Waals surface area contributed by atoms with Crippen molar-refractivity contribution >= 4 is 12.2 Å². The van der Waals surface area contributed by atoms with Gasteiger partial charge in [0.05, 0.1) is 0 Å². The fraction of sp³-hybridized carbons (Fsp3) is 0. The van der Waals surface area contributed by atoms with Gasteiger partial charge in [-0.25, -0.2) is 0 Å². The molecule has 80 valence electrons. The van der Waals surface area contributed by atoms with Crippen LogP contribution in [0, 0.1) is 0 Å². The molecule has 2 nitrogen and oxygen atoms in total. The first-order chi connectivity index (χ1) is 7.77. The van der Waals surface area contributed by atoms with Crippen molar-refractivity contribution in [3.05, 3.63) is 59.7 Å². The summed E-state index contributed by atoms with van der Waals surface area (Å²) < 4.78 is 0. The molecule has 0 bridgehead atoms. The zero-order chi connectivity index (χ0) is 11.4. The summed E-state index contributed by atoms with van der Waals surface area (Å²) in [6, 6.07) is 14.7. The number of benzene rings is 2. The van der Waals surface area contributed by atoms with Crippen molar-refractivity contribution in [2.24, 2.45) is 0 Å². The van der Waals surface area contributed by atoms with Gasteiger partial charge in [0.25, 0.3) is 0 Å². The van der Waals surface area contributed by atoms with E-state index in [2.05, 4.69) is 0 Å². The number of hydrogen-bond acceptors (Lipinski definition) is 2. The molecule has 0 fully saturated rings. The molecule has 2 rings (SSSR count). The van der Waals surface area contributed by atoms with Crippen LogP contribution in [0.2, 0.25) is 0 Å². The number of para-hydroxylation sites is 1. The van der Waals surface area contributed by atoms with Gasteiger partial charge in [-0.2, -0.15) is 0 Å². The lowest BCUT2D eigenvalue weighted by Crippen LogP contribution is -1.75. The third-order valence-corrected chi connectivity index (χ3v) is 2.30. The number of hydrogen-bond donors (Lipinski definition) is 2. The highest BCUT2D eigenvalue weighted by atomic mass is 16.3. The summed E-state index contributed by atoms with van der Waals surface area (Å²) in [4.78, 5) is 0. The summed E-state index contributed by atoms with van der Waals surface area (Å²) in [6.07, 6.45) is 3.65. The second-order valence-corrected chi connectivity index (χ2v) is 3.46. The molecule has 2 heteroatoms. The second-order valence-electron chi connectivity index (χ2n) is 3.46. The van der Waals surface area contributed by atoms with Crippen LogP contribution >= 0.6 is 0 Å². The Morgan fingerprint density at radius 3 is 2.25 bits per heavy atom. The predicted octanol–water partition coefficient (Wildman–Crippen LogP) is 3.27. The van der Waals surface area contributed by atoms with Crippen LogP contribution in [-0.4, -0.2) is 10.2 Å². The average molecular weight is 212 g/mol. The molecule has 0 aliphatic rings. The van der Waals surface area contributed by atoms with Crippen LogP contribution in [0.1, 0.15) is 11.1 Å². The molecule has 16 heavy (non-hydrogen) atoms. The zero-order valence-electron chi connectivity index (χ0n) is 8.67. The maximum Gasteiger partial charge on any atom is 0.164 e. The minimum Gasteiger partial charge on any atom is -0.504 e. The Balaban J connectivity index is 2.28. The van der Waals surface area contributed by atoms with Crippen molar-refractivity contribution in [1.82, 2.24) is 0 Å². The Kier molecular flexibility index (Phi) is 2.92. The summed E-state index contributed by atoms with van der Waals surface area (Å²) in [7, 11) is 0. The van der Waals surface area contributed by atoms with Crippen LogP contribution in [-0.2, 0) is 0 Å². The van der Waals surface area contributed by atoms with Crippen molar-refractivity contribution in [2.45, 2.75) is 0 Å². The van der Waals surface area contributed by atoms with Crippen molar-refractivity contribution in [3.63, 3.8) is 0 Å². The van der Waals surface area contributed by atoms with Crippen LogP contribution in [0.25, 0.3) is 12.2 Å². The summed E-state index contributed by atoms with van der Waals surface area (Å²) >= 11 is 0. The van der Waals surface area contributed by atoms with Gasteiger partial charge in [0, 0.05) is 5.56 Å². The van der Waals surface area contributed by atoms with Gasteiger partial charge < -0.3 is 10.2 Å². The lowest BCUT2D eigenvalue weighted by Gasteiger charge is -2.00. The number of aromatic hydroxyl groups is 2. The summed E-state index contributed by atoms with van der Waals surface area (Å²) in [5.74, 6) is -0.190. The third-order valence-electron chi connectivity index (χ3n) is 2.30. The second kappa shape index (κ2) is 4.53. The molecule has 0 aliphatic heterocycles. The van der Waals surface area contributed by atoms with Gasteiger partial charge in [-0.3, -0.25) is 0 Å². The van der Waals surface area contributed by atoms with E-state index in [1.165, 1.54) is 6.07 Å². The number of phenols is 2. The van der Waals surface area contributed by atoms with Gasteiger partial charge in [0.1, 0.15) is 0 Å². The van der Waals surface area contributed by atoms with Gasteiger partial charge in [-0.1, -0.05) is 54.6 Å². The highest BCUT2D eigenvalue weighted by molar-refractivity contribution is 5.73. The first-order valence-corrected chi connectivity index (χ1v) is 5.01. The minimum absolute atomic E-state index is 0.0883. The smallest absolute Gasteiger partial charge is 0.164 e. The Labute approximate surface area is 94.1 Å². The topological polar surface area (TPSA) is 40.5 Å². The SMILES string of the molecule is Oc1cccc(C=Cc2ccccc2)c1O. The Morgan fingerprint density at radius 1 is 0.750 bits per heavy atom. The fourth-order valence-electron chi connectivity index (χ4n) is 1.43. The van der Waals surface area contributed by atoms with Gasteiger partial charge in [0.2, 0.25) is 0 Å². The molecule has 0 aromatic heterocycles. The third kappa shape index (κ3) is 2.23. The molecule has 0 amide bonds. The van der Waals surface area contributed by atoms with Gasteiger partial charge in [0.15, 0.2) is 11.5 Å². The zero-order valence-corrected chi connectivity index (χ0v) is 8.67. The van der Waals surface area contributed by atoms with Crippen LogP contribution in [0.4, 0.5) is 0 Å². The Morgan fingerprint density at radius 2 is 1.50 bits per heavy atom. The van der Waals surface area contributed by atoms with Gasteiger partial charge in [-0.15, -0.1) is 0 Å². The van der Waals surface area contributed by atoms with Crippen molar-refractivity contribution in [1.29, 1.82) is 0 Å². The van der Waals surface area contributed by atoms with E-state index < -0.39 is 0 Å². The molecule has 2 aromatic carbocycles. The molecule has 0 saturated heterocycles. The Hall–Kier alpha value is -2.22. The van der Waals surface area contributed by atoms with Crippen LogP contribution in [0.5, 0.6) is 11.5 Å². The molecule has 0 heterocycles. The van der Waals surface area contributed by atoms with E-state index >= 15 is 0 Å². The molecule has 0 aliphatic carbocycles. The lowest BCUT2D eigenvalue weighted by molar-refractivity contribution is 0.403. The van der Waals surface area contributed by atoms with E-state index in [0.717, 1.165) is 5.56 Å². The fourth-order valence-corrected chi connectivity index (χ4v) is 1.43. The largest absolute Gasteiger partial charge is 0.504 e. The van der Waals surface area contributed by atoms with Crippen LogP contribution < -0.4 is 0 Å². The van der Waals surface area contributed by atoms with Crippen LogP contribution in [0.15, 0.2) is 48.5 Å². The molecule has 0 saturated carbocycles. The van der Waals surface area contributed by atoms with E-state index in [4.69, 9.17) is 0 Å². The van der Waals surface area contributed by atoms with Crippen molar-refractivity contribution in [3.8, 4) is 11.5 Å². The molecule has 0 spiro atoms. The first-order valence-electron chi connectivity index (χ1n) is 5.01. The van der Waals surface area contributed by atoms with E-state index in [1.54, 1.807) is 18.2 Å². The van der Waals surface area contributed by atoms with E-state index in [1.807, 2.05) is 36.4 Å². The molecule has 2 N–H and O–H groups in total. The van der Waals surface area contributed by atoms with Gasteiger partial charge >= 0.3 is 0 Å². The molecular formula is C14H12O2. The highest BCUT2D eigenvalue weighted by Crippen LogP contribution is 2.29. The Bertz CT molecular complexity index is 501. The van der Waals surface area contributed by atoms with Gasteiger partial charge in [-0.05, 0) is 11.6 Å². The molecular weight excluding hydrogens is 200 g/mol. The van der Waals surface area contributed by atoms with E-state index in [9.17, 15) is 10.2 Å². The standard InChI is InChI=1S/C14H12O2/c15-13-8-4-7-12(14(13)16)10-9-11-5-2-1-3-6-11/h1-10,15-16H. The average Bonchev–Trinajstić information content (AvgIpc) is 2.32. The highest BCUT2D eigenvalue weighted by Gasteiger charge is 2.01. The summed E-state index contributed by atoms with van der Waals surface area (Å²) in [5.41, 5.74) is 1.65. The summed E-state index contributed by atoms with van der Waals surface area (Å²) in [6.45, 7) is 0. The van der Waals surface area contributed by atoms with Crippen molar-refractivity contribution in [2.75, 3.05) is 0 Å². The van der Waals surface area contributed by atoms with E-state index in [0.29, 0.717) is 5.56 Å². The van der Waals surface area contributed by atoms with Crippen LogP contribution in [0.3, 0.4) is 0 Å². The van der Waals surface area contributed by atoms with Crippen molar-refractivity contribution < 1.29 is 10.2 Å².